The van der Waals surface area contributed by atoms with Crippen molar-refractivity contribution >= 4 is 11.8 Å². The van der Waals surface area contributed by atoms with Gasteiger partial charge in [0.25, 0.3) is 0 Å². The third kappa shape index (κ3) is 0.850. The number of fused-ring (bicyclic) bond motifs is 1. The monoisotopic (exact) mass is 166 g/mol. The minimum absolute atomic E-state index is 0.332. The van der Waals surface area contributed by atoms with Gasteiger partial charge in [-0.25, -0.2) is 9.67 Å². The number of nitrogens with zero attached hydrogens (tertiary/aromatic N) is 3. The van der Waals surface area contributed by atoms with Crippen molar-refractivity contribution in [3.63, 3.8) is 0 Å². The highest BCUT2D eigenvalue weighted by Gasteiger charge is 2.17. The first-order valence-electron chi connectivity index (χ1n) is 3.58. The maximum Gasteiger partial charge on any atom is 0.199 e. The highest BCUT2D eigenvalue weighted by atomic mass is 15.5. The largest absolute Gasteiger partial charge is 0.370 e. The Hall–Kier alpha value is -1.56. The molecular formula is C6H10N6. The van der Waals surface area contributed by atoms with Crippen molar-refractivity contribution < 1.29 is 0 Å². The molecule has 0 amide bonds. The van der Waals surface area contributed by atoms with Crippen molar-refractivity contribution in [2.45, 2.75) is 13.2 Å². The molecule has 0 aliphatic carbocycles. The predicted octanol–water partition coefficient (Wildman–Crippen LogP) is -0.653. The van der Waals surface area contributed by atoms with E-state index in [-0.39, 0.29) is 0 Å². The fourth-order valence-corrected chi connectivity index (χ4v) is 1.16. The molecule has 0 bridgehead atoms. The molecule has 6 nitrogen and oxygen atoms in total. The van der Waals surface area contributed by atoms with Crippen LogP contribution in [0.5, 0.6) is 0 Å². The number of aryl methyl sites for hydroxylation is 1. The van der Waals surface area contributed by atoms with Gasteiger partial charge in [-0.2, -0.15) is 5.10 Å². The molecule has 1 aromatic rings. The van der Waals surface area contributed by atoms with Gasteiger partial charge in [0.05, 0.1) is 6.20 Å². The zero-order valence-electron chi connectivity index (χ0n) is 6.65. The van der Waals surface area contributed by atoms with Gasteiger partial charge in [-0.15, -0.1) is 0 Å². The summed E-state index contributed by atoms with van der Waals surface area (Å²) in [6.07, 6.45) is 1.21. The van der Waals surface area contributed by atoms with Gasteiger partial charge in [0, 0.05) is 5.56 Å². The van der Waals surface area contributed by atoms with E-state index in [1.807, 2.05) is 6.92 Å². The number of hydrogen-bond acceptors (Lipinski definition) is 5. The van der Waals surface area contributed by atoms with Crippen molar-refractivity contribution in [3.05, 3.63) is 11.8 Å². The van der Waals surface area contributed by atoms with Crippen LogP contribution in [0.2, 0.25) is 0 Å². The number of nitrogens with two attached hydrogens (primary N) is 2. The van der Waals surface area contributed by atoms with Crippen LogP contribution in [0.25, 0.3) is 0 Å². The van der Waals surface area contributed by atoms with Crippen molar-refractivity contribution in [3.8, 4) is 0 Å². The van der Waals surface area contributed by atoms with Crippen LogP contribution in [-0.2, 0) is 0 Å². The number of anilines is 1. The lowest BCUT2D eigenvalue weighted by atomic mass is 10.4. The smallest absolute Gasteiger partial charge is 0.199 e. The molecule has 1 atom stereocenters. The number of hydrogen-bond donors (Lipinski definition) is 3. The van der Waals surface area contributed by atoms with E-state index in [1.165, 1.54) is 0 Å². The van der Waals surface area contributed by atoms with E-state index in [4.69, 9.17) is 11.5 Å². The Morgan fingerprint density at radius 3 is 3.17 bits per heavy atom. The Balaban J connectivity index is 2.50. The van der Waals surface area contributed by atoms with E-state index in [2.05, 4.69) is 15.4 Å². The van der Waals surface area contributed by atoms with Gasteiger partial charge < -0.3 is 11.1 Å². The quantitative estimate of drug-likeness (QED) is 0.477. The lowest BCUT2D eigenvalue weighted by molar-refractivity contribution is 0.488. The molecule has 1 aromatic heterocycles. The number of aliphatic imine (C=N–C) groups is 1. The standard InChI is InChI=1S/C6H10N6/c1-3-2-9-12-4(3)10-5(7)11-6(12)8/h2,6H,8H2,1H3,(H3,7,10,11). The Kier molecular flexibility index (Phi) is 1.31. The highest BCUT2D eigenvalue weighted by molar-refractivity contribution is 5.93. The Morgan fingerprint density at radius 1 is 1.67 bits per heavy atom. The topological polar surface area (TPSA) is 94.2 Å². The van der Waals surface area contributed by atoms with Crippen molar-refractivity contribution in [1.29, 1.82) is 0 Å². The van der Waals surface area contributed by atoms with Gasteiger partial charge >= 0.3 is 0 Å². The first-order chi connectivity index (χ1) is 5.68. The summed E-state index contributed by atoms with van der Waals surface area (Å²) in [5.74, 6) is 1.15. The molecule has 0 saturated heterocycles. The van der Waals surface area contributed by atoms with E-state index in [9.17, 15) is 0 Å². The molecule has 0 aromatic carbocycles. The van der Waals surface area contributed by atoms with Crippen LogP contribution in [0.3, 0.4) is 0 Å². The summed E-state index contributed by atoms with van der Waals surface area (Å²) in [6, 6.07) is 0. The van der Waals surface area contributed by atoms with Gasteiger partial charge in [-0.3, -0.25) is 5.73 Å². The summed E-state index contributed by atoms with van der Waals surface area (Å²) >= 11 is 0. The molecule has 1 aliphatic heterocycles. The second kappa shape index (κ2) is 2.21. The normalized spacial score (nSPS) is 21.2. The lowest BCUT2D eigenvalue weighted by Crippen LogP contribution is -2.34. The van der Waals surface area contributed by atoms with E-state index >= 15 is 0 Å². The SMILES string of the molecule is Cc1cnn2c1NC(N)=NC2N. The van der Waals surface area contributed by atoms with Gasteiger partial charge in [0.15, 0.2) is 12.2 Å². The first kappa shape index (κ1) is 7.11. The summed E-state index contributed by atoms with van der Waals surface area (Å²) < 4.78 is 1.59. The number of rotatable bonds is 0. The molecule has 5 N–H and O–H groups in total. The van der Waals surface area contributed by atoms with E-state index in [0.717, 1.165) is 11.4 Å². The van der Waals surface area contributed by atoms with Crippen LogP contribution in [-0.4, -0.2) is 15.7 Å². The fourth-order valence-electron chi connectivity index (χ4n) is 1.16. The number of aromatic nitrogens is 2. The summed E-state index contributed by atoms with van der Waals surface area (Å²) in [5.41, 5.74) is 12.1. The van der Waals surface area contributed by atoms with Gasteiger partial charge in [-0.05, 0) is 6.92 Å². The second-order valence-corrected chi connectivity index (χ2v) is 2.67. The third-order valence-corrected chi connectivity index (χ3v) is 1.75. The van der Waals surface area contributed by atoms with Gasteiger partial charge in [0.1, 0.15) is 5.82 Å². The number of nitrogens with one attached hydrogen (secondary N) is 1. The van der Waals surface area contributed by atoms with E-state index < -0.39 is 6.29 Å². The van der Waals surface area contributed by atoms with Crippen LogP contribution in [0.15, 0.2) is 11.2 Å². The highest BCUT2D eigenvalue weighted by Crippen LogP contribution is 2.19. The zero-order valence-corrected chi connectivity index (χ0v) is 6.65. The van der Waals surface area contributed by atoms with Crippen LogP contribution in [0.4, 0.5) is 5.82 Å². The Labute approximate surface area is 69.3 Å². The zero-order chi connectivity index (χ0) is 8.72. The molecule has 12 heavy (non-hydrogen) atoms. The first-order valence-corrected chi connectivity index (χ1v) is 3.58. The van der Waals surface area contributed by atoms with Crippen molar-refractivity contribution in [1.82, 2.24) is 9.78 Å². The fraction of sp³-hybridized carbons (Fsp3) is 0.333. The molecule has 64 valence electrons. The minimum atomic E-state index is -0.505. The Morgan fingerprint density at radius 2 is 2.42 bits per heavy atom. The summed E-state index contributed by atoms with van der Waals surface area (Å²) in [5, 5.41) is 6.93. The molecule has 1 unspecified atom stereocenters. The molecule has 2 heterocycles. The Bertz CT molecular complexity index is 338. The molecular weight excluding hydrogens is 156 g/mol. The van der Waals surface area contributed by atoms with Gasteiger partial charge in [0.2, 0.25) is 0 Å². The maximum atomic E-state index is 5.64. The lowest BCUT2D eigenvalue weighted by Gasteiger charge is -2.19. The average molecular weight is 166 g/mol. The maximum absolute atomic E-state index is 5.64. The van der Waals surface area contributed by atoms with E-state index in [1.54, 1.807) is 10.9 Å². The average Bonchev–Trinajstić information content (AvgIpc) is 2.33. The van der Waals surface area contributed by atoms with Crippen LogP contribution >= 0.6 is 0 Å². The van der Waals surface area contributed by atoms with Gasteiger partial charge in [-0.1, -0.05) is 0 Å². The van der Waals surface area contributed by atoms with Crippen LogP contribution in [0, 0.1) is 6.92 Å². The van der Waals surface area contributed by atoms with E-state index in [0.29, 0.717) is 5.96 Å². The molecule has 0 radical (unpaired) electrons. The summed E-state index contributed by atoms with van der Waals surface area (Å²) in [7, 11) is 0. The van der Waals surface area contributed by atoms with Crippen molar-refractivity contribution in [2.75, 3.05) is 5.32 Å². The molecule has 0 spiro atoms. The number of guanidine groups is 1. The van der Waals surface area contributed by atoms with Crippen LogP contribution in [0.1, 0.15) is 11.9 Å². The molecule has 0 fully saturated rings. The molecule has 6 heteroatoms. The summed E-state index contributed by atoms with van der Waals surface area (Å²) in [6.45, 7) is 1.93. The second-order valence-electron chi connectivity index (χ2n) is 2.67. The summed E-state index contributed by atoms with van der Waals surface area (Å²) in [4.78, 5) is 3.90. The minimum Gasteiger partial charge on any atom is -0.370 e. The molecule has 0 saturated carbocycles. The van der Waals surface area contributed by atoms with Crippen molar-refractivity contribution in [2.24, 2.45) is 16.5 Å². The van der Waals surface area contributed by atoms with Crippen LogP contribution < -0.4 is 16.8 Å². The molecule has 2 rings (SSSR count). The molecule has 1 aliphatic rings. The predicted molar refractivity (Wildman–Crippen MR) is 45.4 cm³/mol. The third-order valence-electron chi connectivity index (χ3n) is 1.75.